The molecule has 0 unspecified atom stereocenters. The second kappa shape index (κ2) is 4.66. The molecule has 7 heteroatoms. The summed E-state index contributed by atoms with van der Waals surface area (Å²) in [5.41, 5.74) is 0.227. The Balaban J connectivity index is 2.20. The molecule has 1 fully saturated rings. The van der Waals surface area contributed by atoms with Crippen LogP contribution in [-0.4, -0.2) is 26.2 Å². The molecular weight excluding hydrogens is 264 g/mol. The normalized spacial score (nSPS) is 21.5. The van der Waals surface area contributed by atoms with Crippen molar-refractivity contribution in [2.75, 3.05) is 6.54 Å². The van der Waals surface area contributed by atoms with E-state index in [4.69, 9.17) is 0 Å². The smallest absolute Gasteiger partial charge is 0.177 e. The zero-order valence-corrected chi connectivity index (χ0v) is 10.0. The third kappa shape index (κ3) is 3.05. The molecule has 0 spiro atoms. The maximum absolute atomic E-state index is 12.9. The van der Waals surface area contributed by atoms with E-state index in [1.54, 1.807) is 0 Å². The number of rotatable bonds is 3. The predicted molar refractivity (Wildman–Crippen MR) is 61.1 cm³/mol. The fourth-order valence-corrected chi connectivity index (χ4v) is 2.94. The third-order valence-electron chi connectivity index (χ3n) is 2.46. The van der Waals surface area contributed by atoms with Gasteiger partial charge < -0.3 is 10.4 Å². The Labute approximate surface area is 103 Å². The first-order valence-electron chi connectivity index (χ1n) is 5.17. The number of β-amino-alcohol motifs (C(OH)–C–C–N with tert-alkyl or cyclic N) is 1. The van der Waals surface area contributed by atoms with Crippen molar-refractivity contribution in [1.29, 1.82) is 0 Å². The lowest BCUT2D eigenvalue weighted by atomic mass is 10.2. The summed E-state index contributed by atoms with van der Waals surface area (Å²) in [5, 5.41) is 12.7. The van der Waals surface area contributed by atoms with Gasteiger partial charge in [-0.05, 0) is 17.7 Å². The summed E-state index contributed by atoms with van der Waals surface area (Å²) in [5.74, 6) is -2.16. The summed E-state index contributed by atoms with van der Waals surface area (Å²) in [7, 11) is -3.68. The Morgan fingerprint density at radius 3 is 2.39 bits per heavy atom. The van der Waals surface area contributed by atoms with Gasteiger partial charge in [0.15, 0.2) is 9.84 Å². The number of halogens is 2. The van der Waals surface area contributed by atoms with E-state index in [1.807, 2.05) is 0 Å². The number of sulfone groups is 1. The molecule has 98 valence electrons. The predicted octanol–water partition coefficient (Wildman–Crippen LogP) is 0.685. The molecule has 1 saturated heterocycles. The number of hydrogen-bond acceptors (Lipinski definition) is 4. The molecule has 1 heterocycles. The van der Waals surface area contributed by atoms with Crippen LogP contribution in [0.1, 0.15) is 5.56 Å². The average molecular weight is 275 g/mol. The van der Waals surface area contributed by atoms with Crippen molar-refractivity contribution in [2.24, 2.45) is 0 Å². The van der Waals surface area contributed by atoms with Crippen molar-refractivity contribution in [3.8, 4) is 0 Å². The second-order valence-electron chi connectivity index (χ2n) is 4.05. The highest BCUT2D eigenvalue weighted by Gasteiger charge is 2.23. The first kappa shape index (κ1) is 13.0. The van der Waals surface area contributed by atoms with Gasteiger partial charge in [0.1, 0.15) is 17.7 Å². The van der Waals surface area contributed by atoms with Gasteiger partial charge in [-0.1, -0.05) is 0 Å². The summed E-state index contributed by atoms with van der Waals surface area (Å²) < 4.78 is 49.2. The van der Waals surface area contributed by atoms with Gasteiger partial charge in [-0.25, -0.2) is 17.2 Å². The lowest BCUT2D eigenvalue weighted by Crippen LogP contribution is -2.44. The zero-order valence-electron chi connectivity index (χ0n) is 9.23. The zero-order chi connectivity index (χ0) is 13.3. The first-order chi connectivity index (χ1) is 8.35. The summed E-state index contributed by atoms with van der Waals surface area (Å²) in [4.78, 5) is 0. The van der Waals surface area contributed by atoms with Crippen LogP contribution in [0.4, 0.5) is 8.78 Å². The lowest BCUT2D eigenvalue weighted by Gasteiger charge is -2.26. The van der Waals surface area contributed by atoms with E-state index >= 15 is 0 Å². The average Bonchev–Trinajstić information content (AvgIpc) is 2.22. The van der Waals surface area contributed by atoms with Crippen LogP contribution in [0.25, 0.3) is 0 Å². The highest BCUT2D eigenvalue weighted by molar-refractivity contribution is 7.93. The van der Waals surface area contributed by atoms with E-state index in [0.29, 0.717) is 12.6 Å². The van der Waals surface area contributed by atoms with E-state index in [9.17, 15) is 22.3 Å². The molecule has 1 atom stereocenters. The molecule has 0 radical (unpaired) electrons. The van der Waals surface area contributed by atoms with Gasteiger partial charge in [0, 0.05) is 12.6 Å². The van der Waals surface area contributed by atoms with E-state index in [1.165, 1.54) is 0 Å². The van der Waals surface area contributed by atoms with E-state index in [2.05, 4.69) is 5.32 Å². The van der Waals surface area contributed by atoms with Crippen LogP contribution in [0.5, 0.6) is 0 Å². The lowest BCUT2D eigenvalue weighted by molar-refractivity contribution is 0.159. The number of hydrogen-bond donors (Lipinski definition) is 2. The van der Waals surface area contributed by atoms with Crippen LogP contribution >= 0.6 is 0 Å². The standard InChI is InChI=1S/C11H11F2NO3S/c12-8-1-7(2-9(13)3-8)5-18(16,17)6-10-11(15)4-14-10/h1-3,6,11,14-15H,4-5H2/b10-6+/t11-/m0/s1. The molecule has 1 aliphatic rings. The molecule has 0 aromatic heterocycles. The number of nitrogens with one attached hydrogen (secondary N) is 1. The van der Waals surface area contributed by atoms with Crippen molar-refractivity contribution >= 4 is 9.84 Å². The van der Waals surface area contributed by atoms with E-state index < -0.39 is 33.3 Å². The van der Waals surface area contributed by atoms with E-state index in [0.717, 1.165) is 17.5 Å². The van der Waals surface area contributed by atoms with Crippen LogP contribution in [-0.2, 0) is 15.6 Å². The molecule has 0 aliphatic carbocycles. The maximum atomic E-state index is 12.9. The molecule has 18 heavy (non-hydrogen) atoms. The highest BCUT2D eigenvalue weighted by atomic mass is 32.2. The molecule has 0 amide bonds. The maximum Gasteiger partial charge on any atom is 0.177 e. The Morgan fingerprint density at radius 2 is 1.94 bits per heavy atom. The second-order valence-corrected chi connectivity index (χ2v) is 5.90. The van der Waals surface area contributed by atoms with Crippen molar-refractivity contribution in [3.63, 3.8) is 0 Å². The van der Waals surface area contributed by atoms with Crippen LogP contribution in [0, 0.1) is 11.6 Å². The molecular formula is C11H11F2NO3S. The highest BCUT2D eigenvalue weighted by Crippen LogP contribution is 2.16. The largest absolute Gasteiger partial charge is 0.385 e. The van der Waals surface area contributed by atoms with Crippen molar-refractivity contribution in [2.45, 2.75) is 11.9 Å². The number of benzene rings is 1. The first-order valence-corrected chi connectivity index (χ1v) is 6.88. The molecule has 1 aliphatic heterocycles. The molecule has 1 aromatic carbocycles. The minimum Gasteiger partial charge on any atom is -0.385 e. The Bertz CT molecular complexity index is 578. The summed E-state index contributed by atoms with van der Waals surface area (Å²) in [6, 6.07) is 2.60. The van der Waals surface area contributed by atoms with Crippen LogP contribution in [0.2, 0.25) is 0 Å². The Morgan fingerprint density at radius 1 is 1.33 bits per heavy atom. The summed E-state index contributed by atoms with van der Waals surface area (Å²) in [6.07, 6.45) is -0.816. The Kier molecular flexibility index (Phi) is 3.36. The van der Waals surface area contributed by atoms with E-state index in [-0.39, 0.29) is 11.3 Å². The fraction of sp³-hybridized carbons (Fsp3) is 0.273. The van der Waals surface area contributed by atoms with Gasteiger partial charge in [-0.3, -0.25) is 0 Å². The minimum atomic E-state index is -3.68. The van der Waals surface area contributed by atoms with Gasteiger partial charge in [0.25, 0.3) is 0 Å². The van der Waals surface area contributed by atoms with Crippen molar-refractivity contribution < 1.29 is 22.3 Å². The molecule has 2 N–H and O–H groups in total. The number of aliphatic hydroxyl groups excluding tert-OH is 1. The minimum absolute atomic E-state index is 0.0261. The Hall–Kier alpha value is -1.47. The molecule has 1 aromatic rings. The van der Waals surface area contributed by atoms with Gasteiger partial charge in [-0.2, -0.15) is 0 Å². The quantitative estimate of drug-likeness (QED) is 0.851. The van der Waals surface area contributed by atoms with Gasteiger partial charge >= 0.3 is 0 Å². The monoisotopic (exact) mass is 275 g/mol. The molecule has 0 saturated carbocycles. The van der Waals surface area contributed by atoms with Crippen LogP contribution < -0.4 is 5.32 Å². The molecule has 2 rings (SSSR count). The summed E-state index contributed by atoms with van der Waals surface area (Å²) in [6.45, 7) is 0.302. The van der Waals surface area contributed by atoms with Gasteiger partial charge in [-0.15, -0.1) is 0 Å². The topological polar surface area (TPSA) is 66.4 Å². The van der Waals surface area contributed by atoms with Crippen LogP contribution in [0.3, 0.4) is 0 Å². The molecule has 4 nitrogen and oxygen atoms in total. The number of aliphatic hydroxyl groups is 1. The van der Waals surface area contributed by atoms with Gasteiger partial charge in [0.05, 0.1) is 16.9 Å². The van der Waals surface area contributed by atoms with Crippen molar-refractivity contribution in [1.82, 2.24) is 5.32 Å². The fourth-order valence-electron chi connectivity index (χ4n) is 1.59. The van der Waals surface area contributed by atoms with Crippen molar-refractivity contribution in [3.05, 3.63) is 46.5 Å². The third-order valence-corrected chi connectivity index (χ3v) is 3.80. The SMILES string of the molecule is O=S(=O)(/C=C1/NC[C@@H]1O)Cc1cc(F)cc(F)c1. The summed E-state index contributed by atoms with van der Waals surface area (Å²) >= 11 is 0. The van der Waals surface area contributed by atoms with Gasteiger partial charge in [0.2, 0.25) is 0 Å². The van der Waals surface area contributed by atoms with Crippen LogP contribution in [0.15, 0.2) is 29.3 Å². The molecule has 0 bridgehead atoms.